The molecule has 0 spiro atoms. The second kappa shape index (κ2) is 7.33. The maximum atomic E-state index is 11.4. The normalized spacial score (nSPS) is 10.1. The molecule has 0 aliphatic carbocycles. The molecule has 0 aliphatic heterocycles. The highest BCUT2D eigenvalue weighted by Gasteiger charge is 2.01. The van der Waals surface area contributed by atoms with E-state index in [0.717, 1.165) is 29.7 Å². The van der Waals surface area contributed by atoms with E-state index < -0.39 is 0 Å². The molecule has 1 aromatic heterocycles. The van der Waals surface area contributed by atoms with Crippen LogP contribution in [0, 0.1) is 6.92 Å². The number of carbonyl (C=O) groups is 1. The second-order valence-electron chi connectivity index (χ2n) is 3.52. The Morgan fingerprint density at radius 1 is 1.50 bits per heavy atom. The van der Waals surface area contributed by atoms with Crippen LogP contribution in [0.2, 0.25) is 0 Å². The monoisotopic (exact) mass is 285 g/mol. The van der Waals surface area contributed by atoms with Gasteiger partial charge in [0.15, 0.2) is 0 Å². The SMILES string of the molecule is Cc1nccc(CNC(=O)CCCCBr)n1. The standard InChI is InChI=1S/C11H16BrN3O/c1-9-13-7-5-10(15-9)8-14-11(16)4-2-3-6-12/h5,7H,2-4,6,8H2,1H3,(H,14,16). The van der Waals surface area contributed by atoms with Crippen LogP contribution < -0.4 is 5.32 Å². The Bertz CT molecular complexity index is 344. The quantitative estimate of drug-likeness (QED) is 0.642. The molecule has 1 rings (SSSR count). The predicted octanol–water partition coefficient (Wildman–Crippen LogP) is 1.97. The molecule has 0 fully saturated rings. The van der Waals surface area contributed by atoms with Crippen molar-refractivity contribution < 1.29 is 4.79 Å². The van der Waals surface area contributed by atoms with Gasteiger partial charge in [0.25, 0.3) is 0 Å². The molecular formula is C11H16BrN3O. The first-order valence-corrected chi connectivity index (χ1v) is 6.45. The first-order valence-electron chi connectivity index (χ1n) is 5.33. The summed E-state index contributed by atoms with van der Waals surface area (Å²) in [5.74, 6) is 0.809. The van der Waals surface area contributed by atoms with E-state index in [1.807, 2.05) is 13.0 Å². The lowest BCUT2D eigenvalue weighted by molar-refractivity contribution is -0.121. The molecule has 16 heavy (non-hydrogen) atoms. The molecule has 0 aliphatic rings. The second-order valence-corrected chi connectivity index (χ2v) is 4.31. The fourth-order valence-electron chi connectivity index (χ4n) is 1.26. The molecule has 1 heterocycles. The zero-order valence-electron chi connectivity index (χ0n) is 9.37. The van der Waals surface area contributed by atoms with Crippen molar-refractivity contribution in [3.8, 4) is 0 Å². The summed E-state index contributed by atoms with van der Waals surface area (Å²) < 4.78 is 0. The van der Waals surface area contributed by atoms with E-state index in [2.05, 4.69) is 31.2 Å². The molecule has 0 saturated heterocycles. The molecule has 4 nitrogen and oxygen atoms in total. The number of hydrogen-bond donors (Lipinski definition) is 1. The third-order valence-corrected chi connectivity index (χ3v) is 2.65. The Morgan fingerprint density at radius 2 is 2.31 bits per heavy atom. The topological polar surface area (TPSA) is 54.9 Å². The van der Waals surface area contributed by atoms with Crippen molar-refractivity contribution in [2.75, 3.05) is 5.33 Å². The zero-order chi connectivity index (χ0) is 11.8. The lowest BCUT2D eigenvalue weighted by atomic mass is 10.2. The van der Waals surface area contributed by atoms with Gasteiger partial charge in [-0.15, -0.1) is 0 Å². The van der Waals surface area contributed by atoms with Crippen LogP contribution >= 0.6 is 15.9 Å². The largest absolute Gasteiger partial charge is 0.350 e. The van der Waals surface area contributed by atoms with Crippen LogP contribution in [0.25, 0.3) is 0 Å². The summed E-state index contributed by atoms with van der Waals surface area (Å²) in [6.07, 6.45) is 4.23. The molecule has 0 aromatic carbocycles. The van der Waals surface area contributed by atoms with E-state index in [-0.39, 0.29) is 5.91 Å². The van der Waals surface area contributed by atoms with Gasteiger partial charge in [-0.25, -0.2) is 9.97 Å². The Morgan fingerprint density at radius 3 is 3.00 bits per heavy atom. The maximum absolute atomic E-state index is 11.4. The van der Waals surface area contributed by atoms with Gasteiger partial charge in [-0.05, 0) is 25.8 Å². The van der Waals surface area contributed by atoms with Gasteiger partial charge in [-0.1, -0.05) is 15.9 Å². The Kier molecular flexibility index (Phi) is 6.00. The Balaban J connectivity index is 2.26. The summed E-state index contributed by atoms with van der Waals surface area (Å²) in [6.45, 7) is 2.32. The minimum absolute atomic E-state index is 0.0808. The number of nitrogens with one attached hydrogen (secondary N) is 1. The van der Waals surface area contributed by atoms with Gasteiger partial charge in [-0.3, -0.25) is 4.79 Å². The summed E-state index contributed by atoms with van der Waals surface area (Å²) >= 11 is 3.33. The van der Waals surface area contributed by atoms with E-state index in [1.165, 1.54) is 0 Å². The van der Waals surface area contributed by atoms with Crippen LogP contribution in [0.4, 0.5) is 0 Å². The van der Waals surface area contributed by atoms with Crippen molar-refractivity contribution in [1.29, 1.82) is 0 Å². The summed E-state index contributed by atoms with van der Waals surface area (Å²) in [6, 6.07) is 1.81. The highest BCUT2D eigenvalue weighted by atomic mass is 79.9. The predicted molar refractivity (Wildman–Crippen MR) is 66.3 cm³/mol. The molecule has 88 valence electrons. The van der Waals surface area contributed by atoms with Gasteiger partial charge in [0.2, 0.25) is 5.91 Å². The average Bonchev–Trinajstić information content (AvgIpc) is 2.27. The molecule has 0 unspecified atom stereocenters. The molecular weight excluding hydrogens is 270 g/mol. The number of alkyl halides is 1. The lowest BCUT2D eigenvalue weighted by Gasteiger charge is -2.04. The van der Waals surface area contributed by atoms with Crippen LogP contribution in [-0.2, 0) is 11.3 Å². The molecule has 1 N–H and O–H groups in total. The molecule has 0 bridgehead atoms. The van der Waals surface area contributed by atoms with E-state index in [0.29, 0.717) is 13.0 Å². The minimum Gasteiger partial charge on any atom is -0.350 e. The molecule has 0 saturated carbocycles. The van der Waals surface area contributed by atoms with Crippen LogP contribution in [0.1, 0.15) is 30.8 Å². The number of aromatic nitrogens is 2. The number of amides is 1. The van der Waals surface area contributed by atoms with E-state index in [4.69, 9.17) is 0 Å². The third-order valence-electron chi connectivity index (χ3n) is 2.09. The summed E-state index contributed by atoms with van der Waals surface area (Å²) in [7, 11) is 0. The maximum Gasteiger partial charge on any atom is 0.220 e. The number of unbranched alkanes of at least 4 members (excludes halogenated alkanes) is 1. The zero-order valence-corrected chi connectivity index (χ0v) is 11.0. The number of halogens is 1. The first kappa shape index (κ1) is 13.1. The smallest absolute Gasteiger partial charge is 0.220 e. The van der Waals surface area contributed by atoms with E-state index >= 15 is 0 Å². The highest BCUT2D eigenvalue weighted by Crippen LogP contribution is 1.99. The van der Waals surface area contributed by atoms with Crippen molar-refractivity contribution in [3.05, 3.63) is 23.8 Å². The van der Waals surface area contributed by atoms with E-state index in [9.17, 15) is 4.79 Å². The molecule has 0 radical (unpaired) electrons. The Hall–Kier alpha value is -0.970. The van der Waals surface area contributed by atoms with Gasteiger partial charge in [-0.2, -0.15) is 0 Å². The van der Waals surface area contributed by atoms with Crippen molar-refractivity contribution in [3.63, 3.8) is 0 Å². The van der Waals surface area contributed by atoms with Crippen LogP contribution in [-0.4, -0.2) is 21.2 Å². The number of rotatable bonds is 6. The summed E-state index contributed by atoms with van der Waals surface area (Å²) in [5, 5.41) is 3.79. The van der Waals surface area contributed by atoms with E-state index in [1.54, 1.807) is 6.20 Å². The van der Waals surface area contributed by atoms with Crippen molar-refractivity contribution >= 4 is 21.8 Å². The van der Waals surface area contributed by atoms with Crippen molar-refractivity contribution in [1.82, 2.24) is 15.3 Å². The summed E-state index contributed by atoms with van der Waals surface area (Å²) in [4.78, 5) is 19.6. The van der Waals surface area contributed by atoms with Gasteiger partial charge >= 0.3 is 0 Å². The molecule has 0 atom stereocenters. The Labute approximate surface area is 104 Å². The summed E-state index contributed by atoms with van der Waals surface area (Å²) in [5.41, 5.74) is 0.848. The van der Waals surface area contributed by atoms with Crippen molar-refractivity contribution in [2.45, 2.75) is 32.7 Å². The van der Waals surface area contributed by atoms with Gasteiger partial charge in [0.05, 0.1) is 12.2 Å². The average molecular weight is 286 g/mol. The fraction of sp³-hybridized carbons (Fsp3) is 0.545. The van der Waals surface area contributed by atoms with Gasteiger partial charge < -0.3 is 5.32 Å². The minimum atomic E-state index is 0.0808. The molecule has 1 amide bonds. The first-order chi connectivity index (χ1) is 7.72. The number of nitrogens with zero attached hydrogens (tertiary/aromatic N) is 2. The molecule has 5 heteroatoms. The van der Waals surface area contributed by atoms with Crippen LogP contribution in [0.5, 0.6) is 0 Å². The van der Waals surface area contributed by atoms with Crippen molar-refractivity contribution in [2.24, 2.45) is 0 Å². The van der Waals surface area contributed by atoms with Crippen LogP contribution in [0.15, 0.2) is 12.3 Å². The van der Waals surface area contributed by atoms with Crippen LogP contribution in [0.3, 0.4) is 0 Å². The fourth-order valence-corrected chi connectivity index (χ4v) is 1.66. The highest BCUT2D eigenvalue weighted by molar-refractivity contribution is 9.09. The van der Waals surface area contributed by atoms with Gasteiger partial charge in [0.1, 0.15) is 5.82 Å². The number of hydrogen-bond acceptors (Lipinski definition) is 3. The lowest BCUT2D eigenvalue weighted by Crippen LogP contribution is -2.23. The molecule has 1 aromatic rings. The third kappa shape index (κ3) is 5.21. The van der Waals surface area contributed by atoms with Gasteiger partial charge in [0, 0.05) is 17.9 Å². The number of aryl methyl sites for hydroxylation is 1. The number of carbonyl (C=O) groups excluding carboxylic acids is 1.